The van der Waals surface area contributed by atoms with E-state index in [1.165, 1.54) is 0 Å². The van der Waals surface area contributed by atoms with Crippen LogP contribution < -0.4 is 5.73 Å². The Kier molecular flexibility index (Phi) is 4.14. The number of hydrogen-bond acceptors (Lipinski definition) is 2. The summed E-state index contributed by atoms with van der Waals surface area (Å²) in [4.78, 5) is 0. The Bertz CT molecular complexity index is 333. The van der Waals surface area contributed by atoms with E-state index in [4.69, 9.17) is 5.73 Å². The van der Waals surface area contributed by atoms with Gasteiger partial charge in [-0.2, -0.15) is 5.10 Å². The van der Waals surface area contributed by atoms with Gasteiger partial charge in [-0.05, 0) is 30.7 Å². The molecule has 92 valence electrons. The van der Waals surface area contributed by atoms with Crippen LogP contribution in [0.25, 0.3) is 0 Å². The molecular weight excluding hydrogens is 198 g/mol. The zero-order valence-electron chi connectivity index (χ0n) is 11.2. The first-order valence-electron chi connectivity index (χ1n) is 6.12. The van der Waals surface area contributed by atoms with Gasteiger partial charge in [0.05, 0.1) is 11.4 Å². The topological polar surface area (TPSA) is 43.8 Å². The number of aromatic nitrogens is 2. The van der Waals surface area contributed by atoms with Crippen LogP contribution in [-0.4, -0.2) is 9.78 Å². The number of aryl methyl sites for hydroxylation is 2. The van der Waals surface area contributed by atoms with Crippen LogP contribution in [0.5, 0.6) is 0 Å². The van der Waals surface area contributed by atoms with E-state index in [0.29, 0.717) is 5.41 Å². The van der Waals surface area contributed by atoms with Crippen molar-refractivity contribution in [3.05, 3.63) is 17.5 Å². The highest BCUT2D eigenvalue weighted by molar-refractivity contribution is 5.13. The Morgan fingerprint density at radius 3 is 2.50 bits per heavy atom. The molecule has 1 heterocycles. The molecule has 1 rings (SSSR count). The number of hydrogen-bond donors (Lipinski definition) is 1. The third kappa shape index (κ3) is 3.63. The first-order chi connectivity index (χ1) is 7.33. The minimum Gasteiger partial charge on any atom is -0.323 e. The maximum absolute atomic E-state index is 6.21. The molecule has 1 aromatic rings. The second-order valence-corrected chi connectivity index (χ2v) is 5.74. The predicted octanol–water partition coefficient (Wildman–Crippen LogP) is 2.81. The molecule has 0 radical (unpaired) electrons. The Morgan fingerprint density at radius 1 is 1.44 bits per heavy atom. The van der Waals surface area contributed by atoms with E-state index < -0.39 is 0 Å². The molecule has 0 aliphatic rings. The normalized spacial score (nSPS) is 14.1. The largest absolute Gasteiger partial charge is 0.323 e. The summed E-state index contributed by atoms with van der Waals surface area (Å²) in [6.07, 6.45) is 3.13. The van der Waals surface area contributed by atoms with E-state index in [1.807, 2.05) is 11.7 Å². The molecule has 0 aliphatic carbocycles. The maximum atomic E-state index is 6.21. The van der Waals surface area contributed by atoms with E-state index >= 15 is 0 Å². The highest BCUT2D eigenvalue weighted by atomic mass is 15.3. The fourth-order valence-electron chi connectivity index (χ4n) is 1.80. The van der Waals surface area contributed by atoms with E-state index in [1.54, 1.807) is 0 Å². The van der Waals surface area contributed by atoms with E-state index in [0.717, 1.165) is 30.7 Å². The van der Waals surface area contributed by atoms with Crippen molar-refractivity contribution < 1.29 is 0 Å². The van der Waals surface area contributed by atoms with Crippen molar-refractivity contribution in [2.24, 2.45) is 18.2 Å². The Labute approximate surface area is 99.0 Å². The van der Waals surface area contributed by atoms with Crippen LogP contribution in [0.2, 0.25) is 0 Å². The molecule has 0 aliphatic heterocycles. The highest BCUT2D eigenvalue weighted by Gasteiger charge is 2.16. The summed E-state index contributed by atoms with van der Waals surface area (Å²) in [5.74, 6) is 0. The minimum atomic E-state index is 0.108. The Hall–Kier alpha value is -0.830. The summed E-state index contributed by atoms with van der Waals surface area (Å²) in [6.45, 7) is 8.87. The second kappa shape index (κ2) is 5.00. The zero-order chi connectivity index (χ0) is 12.3. The number of rotatable bonds is 4. The smallest absolute Gasteiger partial charge is 0.0625 e. The molecule has 0 aromatic carbocycles. The summed E-state index contributed by atoms with van der Waals surface area (Å²) in [6, 6.07) is 2.24. The molecule has 1 atom stereocenters. The van der Waals surface area contributed by atoms with Gasteiger partial charge in [-0.3, -0.25) is 4.68 Å². The second-order valence-electron chi connectivity index (χ2n) is 5.74. The maximum Gasteiger partial charge on any atom is 0.0625 e. The molecule has 0 amide bonds. The lowest BCUT2D eigenvalue weighted by Gasteiger charge is -2.20. The molecule has 0 spiro atoms. The van der Waals surface area contributed by atoms with Crippen molar-refractivity contribution in [1.82, 2.24) is 9.78 Å². The molecule has 0 bridgehead atoms. The van der Waals surface area contributed by atoms with Crippen molar-refractivity contribution in [1.29, 1.82) is 0 Å². The molecule has 1 aromatic heterocycles. The molecule has 0 saturated carbocycles. The highest BCUT2D eigenvalue weighted by Crippen LogP contribution is 2.26. The lowest BCUT2D eigenvalue weighted by Crippen LogP contribution is -2.17. The summed E-state index contributed by atoms with van der Waals surface area (Å²) >= 11 is 0. The van der Waals surface area contributed by atoms with Gasteiger partial charge in [0.2, 0.25) is 0 Å². The quantitative estimate of drug-likeness (QED) is 0.853. The van der Waals surface area contributed by atoms with Crippen LogP contribution in [0.15, 0.2) is 6.07 Å². The van der Waals surface area contributed by atoms with E-state index in [2.05, 4.69) is 38.9 Å². The van der Waals surface area contributed by atoms with Crippen LogP contribution in [0.1, 0.15) is 58.0 Å². The van der Waals surface area contributed by atoms with Gasteiger partial charge in [0.25, 0.3) is 0 Å². The van der Waals surface area contributed by atoms with Gasteiger partial charge >= 0.3 is 0 Å². The van der Waals surface area contributed by atoms with Crippen LogP contribution in [0.3, 0.4) is 0 Å². The molecule has 0 fully saturated rings. The van der Waals surface area contributed by atoms with Crippen molar-refractivity contribution in [3.8, 4) is 0 Å². The fourth-order valence-corrected chi connectivity index (χ4v) is 1.80. The van der Waals surface area contributed by atoms with Gasteiger partial charge in [0.1, 0.15) is 0 Å². The molecule has 2 N–H and O–H groups in total. The van der Waals surface area contributed by atoms with Crippen molar-refractivity contribution in [2.75, 3.05) is 0 Å². The Morgan fingerprint density at radius 2 is 2.06 bits per heavy atom. The number of nitrogens with two attached hydrogens (primary N) is 1. The van der Waals surface area contributed by atoms with Gasteiger partial charge in [0.15, 0.2) is 0 Å². The van der Waals surface area contributed by atoms with Crippen LogP contribution >= 0.6 is 0 Å². The molecule has 16 heavy (non-hydrogen) atoms. The van der Waals surface area contributed by atoms with E-state index in [9.17, 15) is 0 Å². The summed E-state index contributed by atoms with van der Waals surface area (Å²) < 4.78 is 1.92. The van der Waals surface area contributed by atoms with Crippen molar-refractivity contribution >= 4 is 0 Å². The van der Waals surface area contributed by atoms with Crippen molar-refractivity contribution in [3.63, 3.8) is 0 Å². The summed E-state index contributed by atoms with van der Waals surface area (Å²) in [7, 11) is 1.98. The molecule has 3 nitrogen and oxygen atoms in total. The summed E-state index contributed by atoms with van der Waals surface area (Å²) in [5, 5.41) is 4.43. The summed E-state index contributed by atoms with van der Waals surface area (Å²) in [5.41, 5.74) is 8.84. The fraction of sp³-hybridized carbons (Fsp3) is 0.769. The molecule has 1 unspecified atom stereocenters. The third-order valence-corrected chi connectivity index (χ3v) is 2.91. The van der Waals surface area contributed by atoms with Crippen LogP contribution in [0, 0.1) is 5.41 Å². The van der Waals surface area contributed by atoms with Gasteiger partial charge in [-0.25, -0.2) is 0 Å². The lowest BCUT2D eigenvalue weighted by molar-refractivity contribution is 0.346. The molecule has 0 saturated heterocycles. The number of nitrogens with zero attached hydrogens (tertiary/aromatic N) is 2. The van der Waals surface area contributed by atoms with Crippen LogP contribution in [0.4, 0.5) is 0 Å². The molecular formula is C13H25N3. The Balaban J connectivity index is 2.65. The average Bonchev–Trinajstić information content (AvgIpc) is 2.55. The van der Waals surface area contributed by atoms with Gasteiger partial charge in [-0.15, -0.1) is 0 Å². The van der Waals surface area contributed by atoms with Crippen molar-refractivity contribution in [2.45, 2.75) is 53.0 Å². The first-order valence-corrected chi connectivity index (χ1v) is 6.12. The monoisotopic (exact) mass is 223 g/mol. The predicted molar refractivity (Wildman–Crippen MR) is 68.2 cm³/mol. The zero-order valence-corrected chi connectivity index (χ0v) is 11.2. The van der Waals surface area contributed by atoms with E-state index in [-0.39, 0.29) is 6.04 Å². The van der Waals surface area contributed by atoms with Gasteiger partial charge in [0, 0.05) is 13.1 Å². The SMILES string of the molecule is CCc1cc(C(N)CCC(C)(C)C)n(C)n1. The van der Waals surface area contributed by atoms with Crippen LogP contribution in [-0.2, 0) is 13.5 Å². The molecule has 3 heteroatoms. The average molecular weight is 223 g/mol. The van der Waals surface area contributed by atoms with Gasteiger partial charge in [-0.1, -0.05) is 27.7 Å². The lowest BCUT2D eigenvalue weighted by atomic mass is 9.88. The first kappa shape index (κ1) is 13.2. The van der Waals surface area contributed by atoms with Gasteiger partial charge < -0.3 is 5.73 Å². The third-order valence-electron chi connectivity index (χ3n) is 2.91. The standard InChI is InChI=1S/C13H25N3/c1-6-10-9-12(16(5)15-10)11(14)7-8-13(2,3)4/h9,11H,6-8,14H2,1-5H3. The minimum absolute atomic E-state index is 0.108.